The van der Waals surface area contributed by atoms with Crippen molar-refractivity contribution in [3.63, 3.8) is 0 Å². The Balaban J connectivity index is 1.52. The quantitative estimate of drug-likeness (QED) is 0.472. The van der Waals surface area contributed by atoms with Gasteiger partial charge in [0.05, 0.1) is 0 Å². The van der Waals surface area contributed by atoms with E-state index in [-0.39, 0.29) is 0 Å². The van der Waals surface area contributed by atoms with Crippen LogP contribution >= 0.6 is 0 Å². The van der Waals surface area contributed by atoms with E-state index in [0.717, 1.165) is 11.1 Å². The highest BCUT2D eigenvalue weighted by molar-refractivity contribution is 5.83. The van der Waals surface area contributed by atoms with Crippen molar-refractivity contribution >= 4 is 5.78 Å². The molecule has 4 rings (SSSR count). The fourth-order valence-electron chi connectivity index (χ4n) is 3.39. The van der Waals surface area contributed by atoms with Crippen LogP contribution < -0.4 is 0 Å². The maximum Gasteiger partial charge on any atom is 0.234 e. The number of carbonyl (C=O) groups excluding carboxylic acids is 1. The monoisotopic (exact) mass is 402 g/mol. The molecule has 7 heteroatoms. The molecule has 7 nitrogen and oxygen atoms in total. The van der Waals surface area contributed by atoms with Gasteiger partial charge in [-0.3, -0.25) is 4.79 Å². The Labute approximate surface area is 173 Å². The first kappa shape index (κ1) is 19.8. The second kappa shape index (κ2) is 8.86. The van der Waals surface area contributed by atoms with Gasteiger partial charge in [-0.2, -0.15) is 10.2 Å². The summed E-state index contributed by atoms with van der Waals surface area (Å²) in [5.41, 5.74) is 3.38. The summed E-state index contributed by atoms with van der Waals surface area (Å²) >= 11 is 0. The lowest BCUT2D eigenvalue weighted by Gasteiger charge is -2.19. The topological polar surface area (TPSA) is 93.2 Å². The van der Waals surface area contributed by atoms with E-state index in [2.05, 4.69) is 10.2 Å². The van der Waals surface area contributed by atoms with Crippen LogP contribution in [0, 0.1) is 0 Å². The van der Waals surface area contributed by atoms with E-state index in [1.807, 2.05) is 60.7 Å². The molecule has 2 aromatic heterocycles. The summed E-state index contributed by atoms with van der Waals surface area (Å²) < 4.78 is 2.47. The molecule has 0 amide bonds. The number of aromatic nitrogens is 4. The maximum absolute atomic E-state index is 12.8. The minimum atomic E-state index is -1.62. The fourth-order valence-corrected chi connectivity index (χ4v) is 3.39. The molecule has 30 heavy (non-hydrogen) atoms. The number of Topliss-reactive ketones (excluding diaryl/α,β-unsaturated/α-hetero) is 1. The van der Waals surface area contributed by atoms with Gasteiger partial charge in [0.25, 0.3) is 0 Å². The largest absolute Gasteiger partial charge is 0.365 e. The number of rotatable bonds is 8. The average molecular weight is 402 g/mol. The van der Waals surface area contributed by atoms with Gasteiger partial charge in [-0.25, -0.2) is 9.36 Å². The number of aliphatic hydroxyl groups is 2. The van der Waals surface area contributed by atoms with Crippen LogP contribution in [0.15, 0.2) is 85.2 Å². The first-order valence-electron chi connectivity index (χ1n) is 9.66. The van der Waals surface area contributed by atoms with Crippen LogP contribution in [-0.4, -0.2) is 35.6 Å². The third kappa shape index (κ3) is 4.22. The van der Waals surface area contributed by atoms with E-state index in [1.165, 1.54) is 21.8 Å². The molecular weight excluding hydrogens is 380 g/mol. The van der Waals surface area contributed by atoms with E-state index in [9.17, 15) is 15.0 Å². The predicted octanol–water partition coefficient (Wildman–Crippen LogP) is 2.51. The molecule has 0 saturated carbocycles. The normalized spacial score (nSPS) is 13.1. The summed E-state index contributed by atoms with van der Waals surface area (Å²) in [6, 6.07) is 22.9. The van der Waals surface area contributed by atoms with Crippen LogP contribution in [0.25, 0.3) is 0 Å². The molecule has 2 atom stereocenters. The summed E-state index contributed by atoms with van der Waals surface area (Å²) in [5.74, 6) is -0.800. The number of aliphatic hydroxyl groups excluding tert-OH is 2. The number of nitrogens with zero attached hydrogens (tertiary/aromatic N) is 4. The molecule has 0 radical (unpaired) electrons. The Kier molecular flexibility index (Phi) is 5.83. The molecule has 2 N–H and O–H groups in total. The zero-order valence-corrected chi connectivity index (χ0v) is 16.2. The Hall–Kier alpha value is -3.55. The van der Waals surface area contributed by atoms with Crippen molar-refractivity contribution in [2.24, 2.45) is 0 Å². The van der Waals surface area contributed by atoms with Crippen molar-refractivity contribution in [2.45, 2.75) is 25.3 Å². The Bertz CT molecular complexity index is 1020. The lowest BCUT2D eigenvalue weighted by molar-refractivity contribution is -0.146. The van der Waals surface area contributed by atoms with Gasteiger partial charge in [-0.1, -0.05) is 60.7 Å². The molecule has 0 aliphatic rings. The van der Waals surface area contributed by atoms with Gasteiger partial charge in [0, 0.05) is 36.6 Å². The summed E-state index contributed by atoms with van der Waals surface area (Å²) in [6.07, 6.45) is 0.807. The Morgan fingerprint density at radius 3 is 1.50 bits per heavy atom. The second-order valence-electron chi connectivity index (χ2n) is 7.01. The SMILES string of the molecule is O=C(C(O)n1nccc1Cc1ccccc1)C(O)n1nccc1Cc1ccccc1. The molecule has 0 saturated heterocycles. The van der Waals surface area contributed by atoms with Gasteiger partial charge < -0.3 is 10.2 Å². The molecule has 2 aromatic carbocycles. The van der Waals surface area contributed by atoms with Crippen molar-refractivity contribution in [2.75, 3.05) is 0 Å². The number of ketones is 1. The van der Waals surface area contributed by atoms with Gasteiger partial charge in [-0.05, 0) is 23.3 Å². The number of carbonyl (C=O) groups is 1. The van der Waals surface area contributed by atoms with Crippen molar-refractivity contribution in [1.29, 1.82) is 0 Å². The third-order valence-corrected chi connectivity index (χ3v) is 4.93. The molecule has 2 unspecified atom stereocenters. The smallest absolute Gasteiger partial charge is 0.234 e. The standard InChI is InChI=1S/C23H22N4O3/c28-21(22(29)26-19(11-13-24-26)15-17-7-3-1-4-8-17)23(30)27-20(12-14-25-27)16-18-9-5-2-6-10-18/h1-14,22-23,29-30H,15-16H2. The second-order valence-corrected chi connectivity index (χ2v) is 7.01. The summed E-state index contributed by atoms with van der Waals surface area (Å²) in [5, 5.41) is 29.5. The van der Waals surface area contributed by atoms with Crippen LogP contribution in [0.1, 0.15) is 35.0 Å². The number of hydrogen-bond donors (Lipinski definition) is 2. The molecule has 0 bridgehead atoms. The fraction of sp³-hybridized carbons (Fsp3) is 0.174. The molecule has 0 fully saturated rings. The van der Waals surface area contributed by atoms with Crippen molar-refractivity contribution in [1.82, 2.24) is 19.6 Å². The average Bonchev–Trinajstić information content (AvgIpc) is 3.43. The van der Waals surface area contributed by atoms with E-state index in [1.54, 1.807) is 12.1 Å². The Morgan fingerprint density at radius 1 is 0.700 bits per heavy atom. The van der Waals surface area contributed by atoms with Gasteiger partial charge in [-0.15, -0.1) is 0 Å². The van der Waals surface area contributed by atoms with E-state index < -0.39 is 18.2 Å². The highest BCUT2D eigenvalue weighted by Gasteiger charge is 2.29. The van der Waals surface area contributed by atoms with Crippen LogP contribution in [0.5, 0.6) is 0 Å². The minimum absolute atomic E-state index is 0.502. The molecule has 0 aliphatic carbocycles. The zero-order valence-electron chi connectivity index (χ0n) is 16.2. The minimum Gasteiger partial charge on any atom is -0.365 e. The highest BCUT2D eigenvalue weighted by atomic mass is 16.3. The van der Waals surface area contributed by atoms with Crippen LogP contribution in [0.4, 0.5) is 0 Å². The number of benzene rings is 2. The molecule has 4 aromatic rings. The van der Waals surface area contributed by atoms with E-state index in [0.29, 0.717) is 24.2 Å². The summed E-state index contributed by atoms with van der Waals surface area (Å²) in [7, 11) is 0. The van der Waals surface area contributed by atoms with E-state index in [4.69, 9.17) is 0 Å². The summed E-state index contributed by atoms with van der Waals surface area (Å²) in [4.78, 5) is 12.8. The van der Waals surface area contributed by atoms with Gasteiger partial charge in [0.2, 0.25) is 18.2 Å². The van der Waals surface area contributed by atoms with Crippen LogP contribution in [0.3, 0.4) is 0 Å². The maximum atomic E-state index is 12.8. The zero-order chi connectivity index (χ0) is 20.9. The Morgan fingerprint density at radius 2 is 1.10 bits per heavy atom. The number of hydrogen-bond acceptors (Lipinski definition) is 5. The third-order valence-electron chi connectivity index (χ3n) is 4.93. The molecule has 2 heterocycles. The molecule has 0 aliphatic heterocycles. The lowest BCUT2D eigenvalue weighted by atomic mass is 10.1. The molecule has 0 spiro atoms. The predicted molar refractivity (Wildman–Crippen MR) is 110 cm³/mol. The van der Waals surface area contributed by atoms with Crippen LogP contribution in [0.2, 0.25) is 0 Å². The first-order chi connectivity index (χ1) is 14.6. The van der Waals surface area contributed by atoms with Crippen molar-refractivity contribution < 1.29 is 15.0 Å². The van der Waals surface area contributed by atoms with Crippen LogP contribution in [-0.2, 0) is 17.6 Å². The van der Waals surface area contributed by atoms with Gasteiger partial charge in [0.15, 0.2) is 0 Å². The van der Waals surface area contributed by atoms with Gasteiger partial charge in [0.1, 0.15) is 0 Å². The first-order valence-corrected chi connectivity index (χ1v) is 9.66. The highest BCUT2D eigenvalue weighted by Crippen LogP contribution is 2.19. The molecular formula is C23H22N4O3. The van der Waals surface area contributed by atoms with Gasteiger partial charge >= 0.3 is 0 Å². The molecule has 152 valence electrons. The van der Waals surface area contributed by atoms with Crippen molar-refractivity contribution in [3.05, 3.63) is 108 Å². The lowest BCUT2D eigenvalue weighted by Crippen LogP contribution is -2.31. The van der Waals surface area contributed by atoms with Crippen molar-refractivity contribution in [3.8, 4) is 0 Å². The van der Waals surface area contributed by atoms with E-state index >= 15 is 0 Å². The summed E-state index contributed by atoms with van der Waals surface area (Å²) in [6.45, 7) is 0.